The average Bonchev–Trinajstić information content (AvgIpc) is 3.31. The van der Waals surface area contributed by atoms with Crippen LogP contribution in [0.1, 0.15) is 11.3 Å². The minimum absolute atomic E-state index is 0.521. The van der Waals surface area contributed by atoms with Crippen LogP contribution in [0, 0.1) is 6.92 Å². The Morgan fingerprint density at radius 2 is 1.80 bits per heavy atom. The molecular formula is C18H15N5OS. The number of rotatable bonds is 5. The van der Waals surface area contributed by atoms with Gasteiger partial charge in [-0.2, -0.15) is 15.0 Å². The third-order valence-electron chi connectivity index (χ3n) is 3.65. The fraction of sp³-hybridized carbons (Fsp3) is 0.111. The van der Waals surface area contributed by atoms with Crippen molar-refractivity contribution in [1.82, 2.24) is 25.2 Å². The maximum atomic E-state index is 5.75. The van der Waals surface area contributed by atoms with Crippen molar-refractivity contribution in [2.24, 2.45) is 0 Å². The zero-order chi connectivity index (χ0) is 17.1. The highest BCUT2D eigenvalue weighted by molar-refractivity contribution is 7.98. The molecule has 6 nitrogen and oxygen atoms in total. The number of hydrogen-bond donors (Lipinski definition) is 0. The Labute approximate surface area is 148 Å². The minimum atomic E-state index is 0.521. The van der Waals surface area contributed by atoms with Gasteiger partial charge < -0.3 is 4.42 Å². The number of para-hydroxylation sites is 1. The summed E-state index contributed by atoms with van der Waals surface area (Å²) in [6, 6.07) is 17.7. The van der Waals surface area contributed by atoms with Gasteiger partial charge in [-0.1, -0.05) is 48.2 Å². The second-order valence-corrected chi connectivity index (χ2v) is 6.36. The van der Waals surface area contributed by atoms with Crippen molar-refractivity contribution >= 4 is 11.8 Å². The van der Waals surface area contributed by atoms with E-state index in [1.165, 1.54) is 11.8 Å². The summed E-state index contributed by atoms with van der Waals surface area (Å²) in [7, 11) is 0. The van der Waals surface area contributed by atoms with Crippen molar-refractivity contribution in [3.8, 4) is 17.1 Å². The lowest BCUT2D eigenvalue weighted by Crippen LogP contribution is -1.98. The molecule has 124 valence electrons. The molecule has 7 heteroatoms. The van der Waals surface area contributed by atoms with E-state index in [4.69, 9.17) is 4.42 Å². The summed E-state index contributed by atoms with van der Waals surface area (Å²) in [6.45, 7) is 2.02. The van der Waals surface area contributed by atoms with Crippen molar-refractivity contribution in [2.75, 3.05) is 0 Å². The first-order chi connectivity index (χ1) is 12.3. The van der Waals surface area contributed by atoms with Crippen LogP contribution in [0.3, 0.4) is 0 Å². The van der Waals surface area contributed by atoms with Crippen LogP contribution in [0.15, 0.2) is 70.4 Å². The van der Waals surface area contributed by atoms with Gasteiger partial charge in [-0.3, -0.25) is 0 Å². The van der Waals surface area contributed by atoms with Crippen molar-refractivity contribution < 1.29 is 4.42 Å². The first kappa shape index (κ1) is 15.6. The Balaban J connectivity index is 1.44. The van der Waals surface area contributed by atoms with E-state index < -0.39 is 0 Å². The average molecular weight is 349 g/mol. The number of benzene rings is 2. The van der Waals surface area contributed by atoms with Gasteiger partial charge in [0.1, 0.15) is 0 Å². The summed E-state index contributed by atoms with van der Waals surface area (Å²) in [5.41, 5.74) is 3.84. The summed E-state index contributed by atoms with van der Waals surface area (Å²) in [4.78, 5) is 1.61. The highest BCUT2D eigenvalue weighted by atomic mass is 32.2. The van der Waals surface area contributed by atoms with Crippen LogP contribution >= 0.6 is 11.8 Å². The Hall–Kier alpha value is -2.93. The fourth-order valence-electron chi connectivity index (χ4n) is 2.37. The number of aryl methyl sites for hydroxylation is 1. The topological polar surface area (TPSA) is 69.6 Å². The molecule has 0 radical (unpaired) electrons. The molecule has 25 heavy (non-hydrogen) atoms. The molecule has 4 rings (SSSR count). The Morgan fingerprint density at radius 1 is 1.00 bits per heavy atom. The largest absolute Gasteiger partial charge is 0.411 e. The summed E-state index contributed by atoms with van der Waals surface area (Å²) in [5.74, 6) is 1.15. The van der Waals surface area contributed by atoms with Gasteiger partial charge in [0.15, 0.2) is 0 Å². The molecule has 0 aliphatic heterocycles. The summed E-state index contributed by atoms with van der Waals surface area (Å²) >= 11 is 1.45. The predicted octanol–water partition coefficient (Wildman–Crippen LogP) is 3.92. The molecule has 2 aromatic carbocycles. The molecule has 0 aliphatic rings. The van der Waals surface area contributed by atoms with Gasteiger partial charge in [0.05, 0.1) is 17.6 Å². The van der Waals surface area contributed by atoms with Crippen LogP contribution in [0.5, 0.6) is 0 Å². The van der Waals surface area contributed by atoms with E-state index in [2.05, 4.69) is 20.4 Å². The van der Waals surface area contributed by atoms with Crippen LogP contribution < -0.4 is 0 Å². The van der Waals surface area contributed by atoms with Gasteiger partial charge in [0, 0.05) is 11.3 Å². The van der Waals surface area contributed by atoms with E-state index >= 15 is 0 Å². The molecule has 0 saturated carbocycles. The Kier molecular flexibility index (Phi) is 4.30. The van der Waals surface area contributed by atoms with Crippen LogP contribution in [0.25, 0.3) is 17.1 Å². The van der Waals surface area contributed by atoms with Crippen molar-refractivity contribution in [1.29, 1.82) is 0 Å². The van der Waals surface area contributed by atoms with Crippen LogP contribution in [0.4, 0.5) is 0 Å². The molecule has 4 aromatic rings. The van der Waals surface area contributed by atoms with Gasteiger partial charge >= 0.3 is 0 Å². The van der Waals surface area contributed by atoms with Crippen molar-refractivity contribution in [3.63, 3.8) is 0 Å². The standard InChI is InChI=1S/C18H15N5OS/c1-13-7-5-6-10-16(13)17-20-21-18(24-17)25-12-14-11-19-23(22-14)15-8-3-2-4-9-15/h2-11H,12H2,1H3. The van der Waals surface area contributed by atoms with Gasteiger partial charge in [0.25, 0.3) is 5.22 Å². The molecule has 0 atom stereocenters. The molecular weight excluding hydrogens is 334 g/mol. The van der Waals surface area contributed by atoms with E-state index in [1.54, 1.807) is 11.0 Å². The first-order valence-corrected chi connectivity index (χ1v) is 8.77. The molecule has 0 fully saturated rings. The molecule has 2 aromatic heterocycles. The van der Waals surface area contributed by atoms with Crippen molar-refractivity contribution in [2.45, 2.75) is 17.9 Å². The summed E-state index contributed by atoms with van der Waals surface area (Å²) in [6.07, 6.45) is 1.75. The van der Waals surface area contributed by atoms with E-state index in [1.807, 2.05) is 61.5 Å². The lowest BCUT2D eigenvalue weighted by molar-refractivity contribution is 0.465. The molecule has 0 unspecified atom stereocenters. The quantitative estimate of drug-likeness (QED) is 0.509. The lowest BCUT2D eigenvalue weighted by atomic mass is 10.1. The third-order valence-corrected chi connectivity index (χ3v) is 4.50. The highest BCUT2D eigenvalue weighted by Gasteiger charge is 2.12. The van der Waals surface area contributed by atoms with E-state index in [0.717, 1.165) is 22.5 Å². The molecule has 0 saturated heterocycles. The molecule has 0 aliphatic carbocycles. The number of hydrogen-bond acceptors (Lipinski definition) is 6. The predicted molar refractivity (Wildman–Crippen MR) is 95.4 cm³/mol. The van der Waals surface area contributed by atoms with Gasteiger partial charge in [-0.05, 0) is 30.7 Å². The fourth-order valence-corrected chi connectivity index (χ4v) is 3.01. The van der Waals surface area contributed by atoms with E-state index in [9.17, 15) is 0 Å². The normalized spacial score (nSPS) is 10.9. The number of thioether (sulfide) groups is 1. The molecule has 0 N–H and O–H groups in total. The monoisotopic (exact) mass is 349 g/mol. The maximum absolute atomic E-state index is 5.75. The lowest BCUT2D eigenvalue weighted by Gasteiger charge is -1.98. The van der Waals surface area contributed by atoms with Crippen molar-refractivity contribution in [3.05, 3.63) is 72.1 Å². The molecule has 0 spiro atoms. The zero-order valence-electron chi connectivity index (χ0n) is 13.5. The van der Waals surface area contributed by atoms with Gasteiger partial charge in [0.2, 0.25) is 5.89 Å². The minimum Gasteiger partial charge on any atom is -0.411 e. The van der Waals surface area contributed by atoms with Crippen LogP contribution in [-0.2, 0) is 5.75 Å². The smallest absolute Gasteiger partial charge is 0.277 e. The van der Waals surface area contributed by atoms with E-state index in [-0.39, 0.29) is 0 Å². The Bertz CT molecular complexity index is 980. The molecule has 2 heterocycles. The molecule has 0 bridgehead atoms. The number of nitrogens with zero attached hydrogens (tertiary/aromatic N) is 5. The maximum Gasteiger partial charge on any atom is 0.277 e. The van der Waals surface area contributed by atoms with Gasteiger partial charge in [-0.25, -0.2) is 0 Å². The number of aromatic nitrogens is 5. The molecule has 0 amide bonds. The van der Waals surface area contributed by atoms with E-state index in [0.29, 0.717) is 16.9 Å². The second-order valence-electron chi connectivity index (χ2n) is 5.44. The second kappa shape index (κ2) is 6.90. The first-order valence-electron chi connectivity index (χ1n) is 7.78. The zero-order valence-corrected chi connectivity index (χ0v) is 14.3. The highest BCUT2D eigenvalue weighted by Crippen LogP contribution is 2.26. The summed E-state index contributed by atoms with van der Waals surface area (Å²) in [5, 5.41) is 17.5. The van der Waals surface area contributed by atoms with Gasteiger partial charge in [-0.15, -0.1) is 10.2 Å². The summed E-state index contributed by atoms with van der Waals surface area (Å²) < 4.78 is 5.75. The Morgan fingerprint density at radius 3 is 2.64 bits per heavy atom. The van der Waals surface area contributed by atoms with Crippen LogP contribution in [0.2, 0.25) is 0 Å². The third kappa shape index (κ3) is 3.46. The SMILES string of the molecule is Cc1ccccc1-c1nnc(SCc2cnn(-c3ccccc3)n2)o1. The van der Waals surface area contributed by atoms with Crippen LogP contribution in [-0.4, -0.2) is 25.2 Å².